The highest BCUT2D eigenvalue weighted by atomic mass is 32.2. The maximum absolute atomic E-state index is 13.2. The number of aliphatic hydroxyl groups excluding tert-OH is 1. The standard InChI is InChI=1S/C22H17NO4S/c1-23-20(22(25)18-12-5-6-13-19(18)28(23,26)27)21(24)17-11-7-10-16(14-17)15-8-3-2-4-9-15/h2-14,25H,1H3. The Balaban J connectivity index is 1.85. The van der Waals surface area contributed by atoms with E-state index >= 15 is 0 Å². The predicted octanol–water partition coefficient (Wildman–Crippen LogP) is 4.10. The minimum absolute atomic E-state index is 0.0235. The second kappa shape index (κ2) is 6.65. The molecular formula is C22H17NO4S. The van der Waals surface area contributed by atoms with Crippen LogP contribution in [0.25, 0.3) is 16.9 Å². The monoisotopic (exact) mass is 391 g/mol. The molecule has 1 aliphatic heterocycles. The van der Waals surface area contributed by atoms with Gasteiger partial charge in [-0.1, -0.05) is 60.7 Å². The number of hydrogen-bond donors (Lipinski definition) is 1. The molecule has 1 aliphatic rings. The summed E-state index contributed by atoms with van der Waals surface area (Å²) in [7, 11) is -2.65. The number of allylic oxidation sites excluding steroid dienone is 1. The molecule has 3 aromatic carbocycles. The van der Waals surface area contributed by atoms with E-state index in [1.165, 1.54) is 19.2 Å². The van der Waals surface area contributed by atoms with Gasteiger partial charge in [0, 0.05) is 18.2 Å². The molecule has 0 saturated carbocycles. The molecule has 0 unspecified atom stereocenters. The van der Waals surface area contributed by atoms with Crippen LogP contribution in [-0.4, -0.2) is 30.7 Å². The molecule has 0 fully saturated rings. The van der Waals surface area contributed by atoms with Gasteiger partial charge in [0.05, 0.1) is 4.90 Å². The van der Waals surface area contributed by atoms with Crippen molar-refractivity contribution in [1.29, 1.82) is 0 Å². The molecule has 0 bridgehead atoms. The number of sulfonamides is 1. The van der Waals surface area contributed by atoms with Crippen LogP contribution in [0.1, 0.15) is 15.9 Å². The Morgan fingerprint density at radius 3 is 2.25 bits per heavy atom. The first-order valence-corrected chi connectivity index (χ1v) is 10.1. The van der Waals surface area contributed by atoms with E-state index in [1.807, 2.05) is 36.4 Å². The van der Waals surface area contributed by atoms with Crippen molar-refractivity contribution in [2.24, 2.45) is 0 Å². The number of Topliss-reactive ketones (excluding diaryl/α,β-unsaturated/α-hetero) is 1. The van der Waals surface area contributed by atoms with Gasteiger partial charge in [0.15, 0.2) is 5.76 Å². The summed E-state index contributed by atoms with van der Waals surface area (Å²) in [6, 6.07) is 22.6. The van der Waals surface area contributed by atoms with Gasteiger partial charge in [-0.05, 0) is 29.3 Å². The van der Waals surface area contributed by atoms with Crippen LogP contribution in [0.4, 0.5) is 0 Å². The molecule has 5 nitrogen and oxygen atoms in total. The van der Waals surface area contributed by atoms with Crippen molar-refractivity contribution in [3.8, 4) is 11.1 Å². The van der Waals surface area contributed by atoms with E-state index in [0.29, 0.717) is 5.56 Å². The van der Waals surface area contributed by atoms with E-state index in [2.05, 4.69) is 0 Å². The summed E-state index contributed by atoms with van der Waals surface area (Å²) < 4.78 is 26.5. The zero-order chi connectivity index (χ0) is 19.9. The lowest BCUT2D eigenvalue weighted by atomic mass is 9.99. The van der Waals surface area contributed by atoms with E-state index in [1.54, 1.807) is 30.3 Å². The van der Waals surface area contributed by atoms with Crippen molar-refractivity contribution >= 4 is 21.6 Å². The quantitative estimate of drug-likeness (QED) is 0.682. The Morgan fingerprint density at radius 1 is 0.857 bits per heavy atom. The van der Waals surface area contributed by atoms with Crippen LogP contribution < -0.4 is 0 Å². The second-order valence-electron chi connectivity index (χ2n) is 6.44. The van der Waals surface area contributed by atoms with Crippen molar-refractivity contribution in [2.75, 3.05) is 7.05 Å². The Kier molecular flexibility index (Phi) is 4.28. The van der Waals surface area contributed by atoms with Crippen molar-refractivity contribution in [1.82, 2.24) is 4.31 Å². The van der Waals surface area contributed by atoms with Crippen LogP contribution in [0.2, 0.25) is 0 Å². The molecule has 0 aliphatic carbocycles. The summed E-state index contributed by atoms with van der Waals surface area (Å²) in [4.78, 5) is 13.2. The fourth-order valence-corrected chi connectivity index (χ4v) is 4.69. The van der Waals surface area contributed by atoms with Crippen LogP contribution in [0.15, 0.2) is 89.5 Å². The van der Waals surface area contributed by atoms with Crippen LogP contribution in [-0.2, 0) is 10.0 Å². The van der Waals surface area contributed by atoms with Crippen LogP contribution in [0.3, 0.4) is 0 Å². The first-order valence-electron chi connectivity index (χ1n) is 8.63. The minimum atomic E-state index is -3.92. The smallest absolute Gasteiger partial charge is 0.265 e. The van der Waals surface area contributed by atoms with Gasteiger partial charge in [0.25, 0.3) is 10.0 Å². The van der Waals surface area contributed by atoms with Gasteiger partial charge in [0.1, 0.15) is 5.70 Å². The average Bonchev–Trinajstić information content (AvgIpc) is 2.73. The van der Waals surface area contributed by atoms with Gasteiger partial charge in [0.2, 0.25) is 5.78 Å². The maximum Gasteiger partial charge on any atom is 0.265 e. The molecule has 1 N–H and O–H groups in total. The molecule has 0 atom stereocenters. The summed E-state index contributed by atoms with van der Waals surface area (Å²) in [5, 5.41) is 10.7. The van der Waals surface area contributed by atoms with Crippen molar-refractivity contribution in [2.45, 2.75) is 4.90 Å². The summed E-state index contributed by atoms with van der Waals surface area (Å²) in [6.45, 7) is 0. The summed E-state index contributed by atoms with van der Waals surface area (Å²) in [5.74, 6) is -0.904. The Labute approximate surface area is 163 Å². The number of carbonyl (C=O) groups is 1. The third kappa shape index (κ3) is 2.78. The highest BCUT2D eigenvalue weighted by Crippen LogP contribution is 2.36. The molecule has 3 aromatic rings. The number of hydrogen-bond acceptors (Lipinski definition) is 4. The number of rotatable bonds is 3. The molecule has 0 saturated heterocycles. The van der Waals surface area contributed by atoms with Crippen molar-refractivity contribution < 1.29 is 18.3 Å². The summed E-state index contributed by atoms with van der Waals surface area (Å²) >= 11 is 0. The summed E-state index contributed by atoms with van der Waals surface area (Å²) in [5.41, 5.74) is 1.93. The molecule has 0 radical (unpaired) electrons. The second-order valence-corrected chi connectivity index (χ2v) is 8.38. The lowest BCUT2D eigenvalue weighted by molar-refractivity contribution is 0.101. The largest absolute Gasteiger partial charge is 0.505 e. The number of aliphatic hydroxyl groups is 1. The van der Waals surface area contributed by atoms with Gasteiger partial charge < -0.3 is 5.11 Å². The van der Waals surface area contributed by atoms with E-state index in [0.717, 1.165) is 15.4 Å². The Bertz CT molecular complexity index is 1210. The lowest BCUT2D eigenvalue weighted by Crippen LogP contribution is -2.35. The molecule has 0 amide bonds. The number of ketones is 1. The maximum atomic E-state index is 13.2. The average molecular weight is 391 g/mol. The van der Waals surface area contributed by atoms with Crippen molar-refractivity contribution in [3.63, 3.8) is 0 Å². The van der Waals surface area contributed by atoms with Gasteiger partial charge in [-0.3, -0.25) is 9.10 Å². The van der Waals surface area contributed by atoms with Gasteiger partial charge in [-0.25, -0.2) is 8.42 Å². The predicted molar refractivity (Wildman–Crippen MR) is 107 cm³/mol. The zero-order valence-electron chi connectivity index (χ0n) is 15.0. The van der Waals surface area contributed by atoms with Crippen LogP contribution in [0.5, 0.6) is 0 Å². The number of benzene rings is 3. The molecular weight excluding hydrogens is 374 g/mol. The zero-order valence-corrected chi connectivity index (χ0v) is 15.8. The third-order valence-electron chi connectivity index (χ3n) is 4.77. The number of likely N-dealkylation sites (N-methyl/N-ethyl adjacent to an activating group) is 1. The molecule has 0 spiro atoms. The molecule has 4 rings (SSSR count). The van der Waals surface area contributed by atoms with Gasteiger partial charge >= 0.3 is 0 Å². The number of nitrogens with zero attached hydrogens (tertiary/aromatic N) is 1. The van der Waals surface area contributed by atoms with Crippen molar-refractivity contribution in [3.05, 3.63) is 95.7 Å². The normalized spacial score (nSPS) is 15.2. The van der Waals surface area contributed by atoms with Crippen LogP contribution >= 0.6 is 0 Å². The van der Waals surface area contributed by atoms with E-state index < -0.39 is 15.8 Å². The lowest BCUT2D eigenvalue weighted by Gasteiger charge is -2.28. The van der Waals surface area contributed by atoms with E-state index in [4.69, 9.17) is 0 Å². The van der Waals surface area contributed by atoms with E-state index in [9.17, 15) is 18.3 Å². The first kappa shape index (κ1) is 18.0. The SMILES string of the molecule is CN1C(C(=O)c2cccc(-c3ccccc3)c2)=C(O)c2ccccc2S1(=O)=O. The van der Waals surface area contributed by atoms with Crippen LogP contribution in [0, 0.1) is 0 Å². The molecule has 0 aromatic heterocycles. The van der Waals surface area contributed by atoms with E-state index in [-0.39, 0.29) is 21.9 Å². The minimum Gasteiger partial charge on any atom is -0.505 e. The fraction of sp³-hybridized carbons (Fsp3) is 0.0455. The molecule has 6 heteroatoms. The molecule has 140 valence electrons. The van der Waals surface area contributed by atoms with Gasteiger partial charge in [-0.15, -0.1) is 0 Å². The topological polar surface area (TPSA) is 74.7 Å². The third-order valence-corrected chi connectivity index (χ3v) is 6.58. The summed E-state index contributed by atoms with van der Waals surface area (Å²) in [6.07, 6.45) is 0. The molecule has 28 heavy (non-hydrogen) atoms. The highest BCUT2D eigenvalue weighted by Gasteiger charge is 2.37. The first-order chi connectivity index (χ1) is 13.4. The van der Waals surface area contributed by atoms with Gasteiger partial charge in [-0.2, -0.15) is 0 Å². The molecule has 1 heterocycles. The Hall–Kier alpha value is -3.38. The number of carbonyl (C=O) groups excluding carboxylic acids is 1. The highest BCUT2D eigenvalue weighted by molar-refractivity contribution is 7.89. The Morgan fingerprint density at radius 2 is 1.50 bits per heavy atom. The fourth-order valence-electron chi connectivity index (χ4n) is 3.29. The number of fused-ring (bicyclic) bond motifs is 1.